The highest BCUT2D eigenvalue weighted by Gasteiger charge is 2.41. The Morgan fingerprint density at radius 1 is 1.42 bits per heavy atom. The topological polar surface area (TPSA) is 91.8 Å². The first-order valence-corrected chi connectivity index (χ1v) is 6.78. The predicted molar refractivity (Wildman–Crippen MR) is 66.4 cm³/mol. The number of nitrogens with zero attached hydrogens (tertiary/aromatic N) is 1. The van der Waals surface area contributed by atoms with Gasteiger partial charge in [-0.3, -0.25) is 4.79 Å². The number of benzene rings is 1. The summed E-state index contributed by atoms with van der Waals surface area (Å²) in [6.07, 6.45) is 0. The van der Waals surface area contributed by atoms with E-state index in [0.717, 1.165) is 6.07 Å². The Kier molecular flexibility index (Phi) is 2.94. The lowest BCUT2D eigenvalue weighted by Gasteiger charge is -2.14. The number of carbonyl (C=O) groups excluding carboxylic acids is 1. The van der Waals surface area contributed by atoms with Gasteiger partial charge in [0, 0.05) is 0 Å². The van der Waals surface area contributed by atoms with Crippen LogP contribution in [0.3, 0.4) is 0 Å². The summed E-state index contributed by atoms with van der Waals surface area (Å²) >= 11 is 0. The molecule has 100 valence electrons. The Morgan fingerprint density at radius 2 is 2.05 bits per heavy atom. The Hall–Kier alpha value is -2.15. The van der Waals surface area contributed by atoms with Crippen LogP contribution in [-0.4, -0.2) is 36.3 Å². The van der Waals surface area contributed by atoms with Crippen LogP contribution in [0.25, 0.3) is 0 Å². The molecule has 0 aliphatic carbocycles. The third kappa shape index (κ3) is 2.01. The van der Waals surface area contributed by atoms with E-state index >= 15 is 0 Å². The van der Waals surface area contributed by atoms with E-state index < -0.39 is 21.9 Å². The highest BCUT2D eigenvalue weighted by molar-refractivity contribution is 7.90. The smallest absolute Gasteiger partial charge is 0.335 e. The fraction of sp³-hybridized carbons (Fsp3) is 0.167. The van der Waals surface area contributed by atoms with Gasteiger partial charge in [-0.15, -0.1) is 0 Å². The van der Waals surface area contributed by atoms with E-state index in [-0.39, 0.29) is 22.6 Å². The molecule has 0 fully saturated rings. The second-order valence-electron chi connectivity index (χ2n) is 4.29. The van der Waals surface area contributed by atoms with E-state index in [0.29, 0.717) is 9.88 Å². The Labute approximate surface area is 110 Å². The summed E-state index contributed by atoms with van der Waals surface area (Å²) < 4.78 is 25.1. The molecular formula is C12H11NO5S. The van der Waals surface area contributed by atoms with Crippen molar-refractivity contribution in [3.63, 3.8) is 0 Å². The fourth-order valence-electron chi connectivity index (χ4n) is 1.81. The van der Waals surface area contributed by atoms with Crippen LogP contribution in [0.15, 0.2) is 35.2 Å². The van der Waals surface area contributed by atoms with Gasteiger partial charge in [-0.25, -0.2) is 17.5 Å². The van der Waals surface area contributed by atoms with E-state index in [1.54, 1.807) is 6.92 Å². The standard InChI is InChI=1S/C12H11NO5S/c1-7(2)6-13-11(14)9-4-3-8(12(15)16)5-10(9)19(13,17)18/h3-5H,1,6H2,2H3,(H,15,16). The predicted octanol–water partition coefficient (Wildman–Crippen LogP) is 1.11. The molecule has 1 aliphatic heterocycles. The first-order chi connectivity index (χ1) is 8.75. The zero-order valence-electron chi connectivity index (χ0n) is 10.1. The third-order valence-corrected chi connectivity index (χ3v) is 4.44. The Bertz CT molecular complexity index is 705. The minimum absolute atomic E-state index is 0.00810. The van der Waals surface area contributed by atoms with Crippen molar-refractivity contribution in [3.05, 3.63) is 41.5 Å². The molecule has 1 amide bonds. The van der Waals surface area contributed by atoms with E-state index in [1.807, 2.05) is 0 Å². The zero-order valence-corrected chi connectivity index (χ0v) is 10.9. The molecule has 1 aliphatic rings. The second kappa shape index (κ2) is 4.20. The van der Waals surface area contributed by atoms with Crippen LogP contribution in [0.5, 0.6) is 0 Å². The summed E-state index contributed by atoms with van der Waals surface area (Å²) in [5, 5.41) is 8.86. The quantitative estimate of drug-likeness (QED) is 0.838. The van der Waals surface area contributed by atoms with Crippen LogP contribution in [0.4, 0.5) is 0 Å². The van der Waals surface area contributed by atoms with Gasteiger partial charge in [-0.2, -0.15) is 0 Å². The van der Waals surface area contributed by atoms with Crippen molar-refractivity contribution in [1.82, 2.24) is 4.31 Å². The summed E-state index contributed by atoms with van der Waals surface area (Å²) in [6.45, 7) is 5.07. The summed E-state index contributed by atoms with van der Waals surface area (Å²) in [7, 11) is -3.99. The zero-order chi connectivity index (χ0) is 14.4. The van der Waals surface area contributed by atoms with Crippen LogP contribution >= 0.6 is 0 Å². The van der Waals surface area contributed by atoms with Crippen molar-refractivity contribution < 1.29 is 23.1 Å². The van der Waals surface area contributed by atoms with Crippen molar-refractivity contribution in [2.75, 3.05) is 6.54 Å². The lowest BCUT2D eigenvalue weighted by Crippen LogP contribution is -2.31. The molecule has 0 spiro atoms. The molecule has 2 rings (SSSR count). The van der Waals surface area contributed by atoms with Crippen molar-refractivity contribution in [2.45, 2.75) is 11.8 Å². The number of amides is 1. The average molecular weight is 281 g/mol. The maximum atomic E-state index is 12.2. The van der Waals surface area contributed by atoms with Gasteiger partial charge in [0.15, 0.2) is 0 Å². The van der Waals surface area contributed by atoms with Crippen LogP contribution in [0.1, 0.15) is 27.6 Å². The van der Waals surface area contributed by atoms with Gasteiger partial charge in [0.1, 0.15) is 4.90 Å². The molecule has 7 heteroatoms. The minimum atomic E-state index is -3.99. The molecule has 6 nitrogen and oxygen atoms in total. The van der Waals surface area contributed by atoms with E-state index in [9.17, 15) is 18.0 Å². The van der Waals surface area contributed by atoms with Gasteiger partial charge in [-0.1, -0.05) is 12.2 Å². The summed E-state index contributed by atoms with van der Waals surface area (Å²) in [6, 6.07) is 3.43. The van der Waals surface area contributed by atoms with Crippen LogP contribution in [-0.2, 0) is 10.0 Å². The van der Waals surface area contributed by atoms with Crippen LogP contribution in [0, 0.1) is 0 Å². The number of carboxylic acid groups (broad SMARTS) is 1. The molecule has 0 radical (unpaired) electrons. The number of rotatable bonds is 3. The number of fused-ring (bicyclic) bond motifs is 1. The number of carbonyl (C=O) groups is 2. The summed E-state index contributed by atoms with van der Waals surface area (Å²) in [5.74, 6) is -1.90. The molecule has 1 N–H and O–H groups in total. The first kappa shape index (κ1) is 13.3. The normalized spacial score (nSPS) is 16.3. The molecule has 0 aromatic heterocycles. The van der Waals surface area contributed by atoms with E-state index in [2.05, 4.69) is 6.58 Å². The number of sulfonamides is 1. The molecular weight excluding hydrogens is 270 g/mol. The van der Waals surface area contributed by atoms with Gasteiger partial charge in [0.2, 0.25) is 0 Å². The average Bonchev–Trinajstić information content (AvgIpc) is 2.50. The third-order valence-electron chi connectivity index (χ3n) is 2.67. The van der Waals surface area contributed by atoms with E-state index in [4.69, 9.17) is 5.11 Å². The lowest BCUT2D eigenvalue weighted by molar-refractivity contribution is 0.0695. The summed E-state index contributed by atoms with van der Waals surface area (Å²) in [5.41, 5.74) is 0.335. The minimum Gasteiger partial charge on any atom is -0.478 e. The first-order valence-electron chi connectivity index (χ1n) is 5.34. The molecule has 1 aromatic carbocycles. The highest BCUT2D eigenvalue weighted by atomic mass is 32.2. The molecule has 0 atom stereocenters. The van der Waals surface area contributed by atoms with E-state index in [1.165, 1.54) is 12.1 Å². The molecule has 1 aromatic rings. The van der Waals surface area contributed by atoms with Gasteiger partial charge in [0.05, 0.1) is 17.7 Å². The number of hydrogen-bond acceptors (Lipinski definition) is 4. The maximum Gasteiger partial charge on any atom is 0.335 e. The van der Waals surface area contributed by atoms with Crippen LogP contribution in [0.2, 0.25) is 0 Å². The SMILES string of the molecule is C=C(C)CN1C(=O)c2ccc(C(=O)O)cc2S1(=O)=O. The number of aromatic carboxylic acids is 1. The molecule has 19 heavy (non-hydrogen) atoms. The molecule has 1 heterocycles. The monoisotopic (exact) mass is 281 g/mol. The Morgan fingerprint density at radius 3 is 2.58 bits per heavy atom. The maximum absolute atomic E-state index is 12.2. The molecule has 0 unspecified atom stereocenters. The summed E-state index contributed by atoms with van der Waals surface area (Å²) in [4.78, 5) is 22.6. The second-order valence-corrected chi connectivity index (χ2v) is 6.12. The number of carboxylic acids is 1. The largest absolute Gasteiger partial charge is 0.478 e. The Balaban J connectivity index is 2.61. The highest BCUT2D eigenvalue weighted by Crippen LogP contribution is 2.31. The molecule has 0 saturated heterocycles. The van der Waals surface area contributed by atoms with Crippen molar-refractivity contribution in [3.8, 4) is 0 Å². The fourth-order valence-corrected chi connectivity index (χ4v) is 3.46. The van der Waals surface area contributed by atoms with Gasteiger partial charge in [0.25, 0.3) is 15.9 Å². The van der Waals surface area contributed by atoms with Crippen molar-refractivity contribution >= 4 is 21.9 Å². The lowest BCUT2D eigenvalue weighted by atomic mass is 10.1. The van der Waals surface area contributed by atoms with Gasteiger partial charge < -0.3 is 5.11 Å². The van der Waals surface area contributed by atoms with Crippen molar-refractivity contribution in [1.29, 1.82) is 0 Å². The van der Waals surface area contributed by atoms with Gasteiger partial charge >= 0.3 is 5.97 Å². The molecule has 0 saturated carbocycles. The molecule has 0 bridgehead atoms. The van der Waals surface area contributed by atoms with Gasteiger partial charge in [-0.05, 0) is 25.1 Å². The van der Waals surface area contributed by atoms with Crippen LogP contribution < -0.4 is 0 Å². The number of hydrogen-bond donors (Lipinski definition) is 1. The van der Waals surface area contributed by atoms with Crippen molar-refractivity contribution in [2.24, 2.45) is 0 Å².